The summed E-state index contributed by atoms with van der Waals surface area (Å²) in [7, 11) is 0. The van der Waals surface area contributed by atoms with Crippen molar-refractivity contribution in [3.05, 3.63) is 35.4 Å². The summed E-state index contributed by atoms with van der Waals surface area (Å²) in [6, 6.07) is 8.42. The van der Waals surface area contributed by atoms with Gasteiger partial charge in [-0.1, -0.05) is 36.8 Å². The number of hydrogen-bond donors (Lipinski definition) is 1. The van der Waals surface area contributed by atoms with Gasteiger partial charge >= 0.3 is 6.03 Å². The van der Waals surface area contributed by atoms with Gasteiger partial charge in [0.25, 0.3) is 0 Å². The number of likely N-dealkylation sites (tertiary alicyclic amines) is 1. The van der Waals surface area contributed by atoms with Crippen LogP contribution in [-0.4, -0.2) is 24.0 Å². The zero-order valence-corrected chi connectivity index (χ0v) is 10.6. The first-order chi connectivity index (χ1) is 8.01. The van der Waals surface area contributed by atoms with Crippen molar-refractivity contribution in [1.82, 2.24) is 4.90 Å². The highest BCUT2D eigenvalue weighted by molar-refractivity contribution is 5.72. The first-order valence-electron chi connectivity index (χ1n) is 6.13. The lowest BCUT2D eigenvalue weighted by molar-refractivity contribution is 0.171. The van der Waals surface area contributed by atoms with E-state index < -0.39 is 0 Å². The van der Waals surface area contributed by atoms with E-state index in [1.165, 1.54) is 11.1 Å². The molecule has 1 heterocycles. The van der Waals surface area contributed by atoms with Crippen LogP contribution in [0.1, 0.15) is 30.9 Å². The molecular weight excluding hydrogens is 212 g/mol. The molecule has 0 aliphatic carbocycles. The summed E-state index contributed by atoms with van der Waals surface area (Å²) in [4.78, 5) is 12.8. The highest BCUT2D eigenvalue weighted by atomic mass is 16.2. The van der Waals surface area contributed by atoms with Crippen LogP contribution in [0.15, 0.2) is 24.3 Å². The second-order valence-corrected chi connectivity index (χ2v) is 5.25. The number of piperidine rings is 1. The van der Waals surface area contributed by atoms with Gasteiger partial charge in [0, 0.05) is 13.1 Å². The summed E-state index contributed by atoms with van der Waals surface area (Å²) >= 11 is 0. The monoisotopic (exact) mass is 232 g/mol. The average molecular weight is 232 g/mol. The lowest BCUT2D eigenvalue weighted by Gasteiger charge is -2.39. The lowest BCUT2D eigenvalue weighted by Crippen LogP contribution is -2.46. The Morgan fingerprint density at radius 1 is 1.24 bits per heavy atom. The Hall–Kier alpha value is -1.51. The third-order valence-corrected chi connectivity index (χ3v) is 3.93. The first-order valence-corrected chi connectivity index (χ1v) is 6.13. The molecule has 2 amide bonds. The number of amides is 2. The van der Waals surface area contributed by atoms with Crippen LogP contribution in [0.5, 0.6) is 0 Å². The first kappa shape index (κ1) is 12.0. The average Bonchev–Trinajstić information content (AvgIpc) is 2.30. The van der Waals surface area contributed by atoms with E-state index in [1.807, 2.05) is 0 Å². The van der Waals surface area contributed by atoms with Crippen molar-refractivity contribution in [2.45, 2.75) is 32.1 Å². The van der Waals surface area contributed by atoms with Crippen molar-refractivity contribution < 1.29 is 4.79 Å². The number of urea groups is 1. The Labute approximate surface area is 103 Å². The third-order valence-electron chi connectivity index (χ3n) is 3.93. The SMILES string of the molecule is Cc1ccc(C2(C)CCN(C(N)=O)CC2)cc1. The topological polar surface area (TPSA) is 46.3 Å². The van der Waals surface area contributed by atoms with Crippen molar-refractivity contribution in [1.29, 1.82) is 0 Å². The van der Waals surface area contributed by atoms with Gasteiger partial charge in [0.05, 0.1) is 0 Å². The number of nitrogens with zero attached hydrogens (tertiary/aromatic N) is 1. The van der Waals surface area contributed by atoms with E-state index in [4.69, 9.17) is 5.73 Å². The Bertz CT molecular complexity index is 403. The summed E-state index contributed by atoms with van der Waals surface area (Å²) < 4.78 is 0. The summed E-state index contributed by atoms with van der Waals surface area (Å²) in [5, 5.41) is 0. The second kappa shape index (κ2) is 4.40. The minimum atomic E-state index is -0.295. The largest absolute Gasteiger partial charge is 0.351 e. The Kier molecular flexibility index (Phi) is 3.09. The molecule has 3 nitrogen and oxygen atoms in total. The van der Waals surface area contributed by atoms with Gasteiger partial charge in [0.2, 0.25) is 0 Å². The smallest absolute Gasteiger partial charge is 0.314 e. The molecule has 0 bridgehead atoms. The lowest BCUT2D eigenvalue weighted by atomic mass is 9.74. The standard InChI is InChI=1S/C14H20N2O/c1-11-3-5-12(6-4-11)14(2)7-9-16(10-8-14)13(15)17/h3-6H,7-10H2,1-2H3,(H2,15,17). The van der Waals surface area contributed by atoms with E-state index in [9.17, 15) is 4.79 Å². The number of rotatable bonds is 1. The van der Waals surface area contributed by atoms with E-state index in [0.717, 1.165) is 25.9 Å². The van der Waals surface area contributed by atoms with Gasteiger partial charge in [-0.05, 0) is 30.7 Å². The van der Waals surface area contributed by atoms with Crippen molar-refractivity contribution in [3.63, 3.8) is 0 Å². The Morgan fingerprint density at radius 3 is 2.24 bits per heavy atom. The number of nitrogens with two attached hydrogens (primary N) is 1. The molecule has 1 aliphatic rings. The van der Waals surface area contributed by atoms with E-state index in [2.05, 4.69) is 38.1 Å². The number of carbonyl (C=O) groups is 1. The highest BCUT2D eigenvalue weighted by Crippen LogP contribution is 2.34. The maximum atomic E-state index is 11.1. The summed E-state index contributed by atoms with van der Waals surface area (Å²) in [6.07, 6.45) is 1.97. The molecule has 0 unspecified atom stereocenters. The van der Waals surface area contributed by atoms with Crippen molar-refractivity contribution in [2.24, 2.45) is 5.73 Å². The molecule has 2 N–H and O–H groups in total. The minimum Gasteiger partial charge on any atom is -0.351 e. The fourth-order valence-corrected chi connectivity index (χ4v) is 2.47. The van der Waals surface area contributed by atoms with Crippen LogP contribution in [0.2, 0.25) is 0 Å². The van der Waals surface area contributed by atoms with Crippen molar-refractivity contribution in [2.75, 3.05) is 13.1 Å². The van der Waals surface area contributed by atoms with Crippen LogP contribution in [0.25, 0.3) is 0 Å². The molecule has 0 spiro atoms. The molecule has 1 aliphatic heterocycles. The van der Waals surface area contributed by atoms with Gasteiger partial charge in [0.1, 0.15) is 0 Å². The van der Waals surface area contributed by atoms with E-state index in [1.54, 1.807) is 4.90 Å². The summed E-state index contributed by atoms with van der Waals surface area (Å²) in [5.74, 6) is 0. The number of primary amides is 1. The minimum absolute atomic E-state index is 0.180. The molecule has 2 rings (SSSR count). The zero-order valence-electron chi connectivity index (χ0n) is 10.6. The molecule has 1 aromatic carbocycles. The Morgan fingerprint density at radius 2 is 1.76 bits per heavy atom. The maximum absolute atomic E-state index is 11.1. The molecule has 3 heteroatoms. The predicted molar refractivity (Wildman–Crippen MR) is 68.9 cm³/mol. The molecular formula is C14H20N2O. The number of aryl methyl sites for hydroxylation is 1. The van der Waals surface area contributed by atoms with Gasteiger partial charge in [-0.25, -0.2) is 4.79 Å². The molecule has 1 fully saturated rings. The van der Waals surface area contributed by atoms with Crippen LogP contribution < -0.4 is 5.73 Å². The van der Waals surface area contributed by atoms with Gasteiger partial charge in [-0.2, -0.15) is 0 Å². The van der Waals surface area contributed by atoms with Gasteiger partial charge in [-0.3, -0.25) is 0 Å². The Balaban J connectivity index is 2.11. The normalized spacial score (nSPS) is 19.1. The molecule has 0 atom stereocenters. The highest BCUT2D eigenvalue weighted by Gasteiger charge is 2.32. The van der Waals surface area contributed by atoms with Crippen LogP contribution in [-0.2, 0) is 5.41 Å². The van der Waals surface area contributed by atoms with Crippen LogP contribution >= 0.6 is 0 Å². The van der Waals surface area contributed by atoms with Gasteiger partial charge in [0.15, 0.2) is 0 Å². The molecule has 0 radical (unpaired) electrons. The van der Waals surface area contributed by atoms with E-state index in [-0.39, 0.29) is 11.4 Å². The molecule has 17 heavy (non-hydrogen) atoms. The zero-order chi connectivity index (χ0) is 12.5. The van der Waals surface area contributed by atoms with Crippen LogP contribution in [0.3, 0.4) is 0 Å². The molecule has 0 saturated carbocycles. The molecule has 0 aromatic heterocycles. The summed E-state index contributed by atoms with van der Waals surface area (Å²) in [5.41, 5.74) is 8.13. The third kappa shape index (κ3) is 2.43. The number of hydrogen-bond acceptors (Lipinski definition) is 1. The maximum Gasteiger partial charge on any atom is 0.314 e. The van der Waals surface area contributed by atoms with Crippen molar-refractivity contribution in [3.8, 4) is 0 Å². The van der Waals surface area contributed by atoms with Gasteiger partial charge < -0.3 is 10.6 Å². The molecule has 1 saturated heterocycles. The van der Waals surface area contributed by atoms with Gasteiger partial charge in [-0.15, -0.1) is 0 Å². The van der Waals surface area contributed by atoms with Crippen LogP contribution in [0.4, 0.5) is 4.79 Å². The number of benzene rings is 1. The fraction of sp³-hybridized carbons (Fsp3) is 0.500. The fourth-order valence-electron chi connectivity index (χ4n) is 2.47. The summed E-state index contributed by atoms with van der Waals surface area (Å²) in [6.45, 7) is 5.90. The van der Waals surface area contributed by atoms with Crippen LogP contribution in [0, 0.1) is 6.92 Å². The quantitative estimate of drug-likeness (QED) is 0.794. The van der Waals surface area contributed by atoms with Crippen molar-refractivity contribution >= 4 is 6.03 Å². The van der Waals surface area contributed by atoms with E-state index >= 15 is 0 Å². The van der Waals surface area contributed by atoms with E-state index in [0.29, 0.717) is 0 Å². The second-order valence-electron chi connectivity index (χ2n) is 5.25. The number of carbonyl (C=O) groups excluding carboxylic acids is 1. The molecule has 1 aromatic rings. The predicted octanol–water partition coefficient (Wildman–Crippen LogP) is 2.43. The molecule has 92 valence electrons.